The Morgan fingerprint density at radius 3 is 2.50 bits per heavy atom. The number of hydrogen-bond acceptors (Lipinski definition) is 7. The molecule has 8 nitrogen and oxygen atoms in total. The number of carbonyl (C=O) groups is 2. The van der Waals surface area contributed by atoms with Crippen molar-refractivity contribution < 1.29 is 27.1 Å². The lowest BCUT2D eigenvalue weighted by Crippen LogP contribution is -2.29. The van der Waals surface area contributed by atoms with Crippen molar-refractivity contribution in [3.63, 3.8) is 0 Å². The van der Waals surface area contributed by atoms with Gasteiger partial charge in [0.1, 0.15) is 10.8 Å². The van der Waals surface area contributed by atoms with E-state index in [1.165, 1.54) is 42.2 Å². The number of amides is 1. The maximum atomic E-state index is 13.2. The lowest BCUT2D eigenvalue weighted by atomic mass is 10.0. The van der Waals surface area contributed by atoms with E-state index < -0.39 is 27.7 Å². The van der Waals surface area contributed by atoms with Crippen LogP contribution in [-0.2, 0) is 34.3 Å². The maximum absolute atomic E-state index is 13.2. The van der Waals surface area contributed by atoms with E-state index in [1.807, 2.05) is 18.2 Å². The van der Waals surface area contributed by atoms with Crippen LogP contribution >= 0.6 is 11.3 Å². The molecule has 206 valence electrons. The number of carbonyl (C=O) groups excluding carboxylic acids is 2. The minimum Gasteiger partial charge on any atom is -0.465 e. The third-order valence-corrected chi connectivity index (χ3v) is 9.03. The molecule has 0 saturated heterocycles. The number of anilines is 2. The van der Waals surface area contributed by atoms with Gasteiger partial charge in [0.05, 0.1) is 17.6 Å². The van der Waals surface area contributed by atoms with Crippen molar-refractivity contribution in [2.75, 3.05) is 23.7 Å². The number of methoxy groups -OCH3 is 1. The molecule has 0 atom stereocenters. The molecule has 4 aromatic rings. The topological polar surface area (TPSA) is 105 Å². The Kier molecular flexibility index (Phi) is 7.97. The average molecular weight is 580 g/mol. The van der Waals surface area contributed by atoms with Crippen LogP contribution in [0.25, 0.3) is 0 Å². The number of ether oxygens (including phenoxy) is 1. The molecular weight excluding hydrogens is 553 g/mol. The number of halogens is 1. The van der Waals surface area contributed by atoms with Gasteiger partial charge in [-0.05, 0) is 60.0 Å². The number of nitrogens with one attached hydrogen (secondary N) is 2. The molecule has 3 aromatic carbocycles. The molecule has 0 radical (unpaired) electrons. The van der Waals surface area contributed by atoms with E-state index >= 15 is 0 Å². The first-order chi connectivity index (χ1) is 19.2. The third kappa shape index (κ3) is 6.06. The fourth-order valence-corrected chi connectivity index (χ4v) is 6.89. The van der Waals surface area contributed by atoms with E-state index in [1.54, 1.807) is 6.07 Å². The number of nitrogens with zero attached hydrogens (tertiary/aromatic N) is 1. The number of benzene rings is 3. The van der Waals surface area contributed by atoms with E-state index in [9.17, 15) is 22.4 Å². The quantitative estimate of drug-likeness (QED) is 0.275. The molecular formula is C29H26FN3O5S2. The second-order valence-electron chi connectivity index (χ2n) is 9.24. The van der Waals surface area contributed by atoms with Gasteiger partial charge < -0.3 is 10.1 Å². The summed E-state index contributed by atoms with van der Waals surface area (Å²) >= 11 is 1.34. The fourth-order valence-electron chi connectivity index (χ4n) is 4.57. The van der Waals surface area contributed by atoms with Crippen LogP contribution in [0.2, 0.25) is 0 Å². The van der Waals surface area contributed by atoms with Crippen molar-refractivity contribution in [3.05, 3.63) is 112 Å². The highest BCUT2D eigenvalue weighted by molar-refractivity contribution is 7.92. The highest BCUT2D eigenvalue weighted by Crippen LogP contribution is 2.38. The molecule has 5 rings (SSSR count). The van der Waals surface area contributed by atoms with Crippen molar-refractivity contribution in [1.29, 1.82) is 0 Å². The van der Waals surface area contributed by atoms with Crippen LogP contribution < -0.4 is 10.0 Å². The summed E-state index contributed by atoms with van der Waals surface area (Å²) in [6.07, 6.45) is 0.639. The summed E-state index contributed by atoms with van der Waals surface area (Å²) in [5.41, 5.74) is 2.76. The Bertz CT molecular complexity index is 1650. The number of esters is 1. The van der Waals surface area contributed by atoms with Gasteiger partial charge in [-0.15, -0.1) is 11.3 Å². The Morgan fingerprint density at radius 1 is 1.02 bits per heavy atom. The molecule has 0 saturated carbocycles. The molecule has 0 unspecified atom stereocenters. The Balaban J connectivity index is 1.35. The lowest BCUT2D eigenvalue weighted by Gasteiger charge is -2.27. The predicted molar refractivity (Wildman–Crippen MR) is 152 cm³/mol. The summed E-state index contributed by atoms with van der Waals surface area (Å²) in [7, 11) is -2.69. The van der Waals surface area contributed by atoms with E-state index in [0.29, 0.717) is 23.5 Å². The summed E-state index contributed by atoms with van der Waals surface area (Å²) in [4.78, 5) is 29.1. The molecule has 0 aliphatic carbocycles. The highest BCUT2D eigenvalue weighted by atomic mass is 32.2. The minimum absolute atomic E-state index is 0.114. The first kappa shape index (κ1) is 27.5. The summed E-state index contributed by atoms with van der Waals surface area (Å²) in [5.74, 6) is -1.58. The van der Waals surface area contributed by atoms with Crippen LogP contribution in [0, 0.1) is 5.82 Å². The van der Waals surface area contributed by atoms with Crippen molar-refractivity contribution >= 4 is 43.9 Å². The van der Waals surface area contributed by atoms with Crippen LogP contribution in [0.5, 0.6) is 0 Å². The van der Waals surface area contributed by atoms with E-state index in [4.69, 9.17) is 4.74 Å². The number of sulfonamides is 1. The Hall–Kier alpha value is -4.06. The summed E-state index contributed by atoms with van der Waals surface area (Å²) < 4.78 is 46.1. The molecule has 1 aliphatic heterocycles. The molecule has 1 aliphatic rings. The Labute approximate surface area is 235 Å². The molecule has 1 amide bonds. The van der Waals surface area contributed by atoms with Gasteiger partial charge in [0, 0.05) is 35.8 Å². The van der Waals surface area contributed by atoms with Gasteiger partial charge in [0.15, 0.2) is 0 Å². The predicted octanol–water partition coefficient (Wildman–Crippen LogP) is 5.29. The Morgan fingerprint density at radius 2 is 1.77 bits per heavy atom. The molecule has 0 bridgehead atoms. The normalized spacial score (nSPS) is 13.3. The largest absolute Gasteiger partial charge is 0.465 e. The molecule has 0 fully saturated rings. The monoisotopic (exact) mass is 579 g/mol. The fraction of sp³-hybridized carbons (Fsp3) is 0.172. The zero-order valence-corrected chi connectivity index (χ0v) is 23.1. The van der Waals surface area contributed by atoms with Gasteiger partial charge in [-0.1, -0.05) is 36.4 Å². The smallest absolute Gasteiger partial charge is 0.341 e. The van der Waals surface area contributed by atoms with Gasteiger partial charge in [-0.2, -0.15) is 0 Å². The third-order valence-electron chi connectivity index (χ3n) is 6.50. The summed E-state index contributed by atoms with van der Waals surface area (Å²) in [6, 6.07) is 20.5. The van der Waals surface area contributed by atoms with Crippen molar-refractivity contribution in [3.8, 4) is 0 Å². The van der Waals surface area contributed by atoms with Crippen LogP contribution in [0.15, 0.2) is 83.8 Å². The first-order valence-electron chi connectivity index (χ1n) is 12.4. The molecule has 40 heavy (non-hydrogen) atoms. The second-order valence-corrected chi connectivity index (χ2v) is 12.0. The van der Waals surface area contributed by atoms with Gasteiger partial charge in [0.25, 0.3) is 15.9 Å². The number of hydrogen-bond donors (Lipinski definition) is 2. The lowest BCUT2D eigenvalue weighted by molar-refractivity contribution is 0.0600. The van der Waals surface area contributed by atoms with Gasteiger partial charge in [-0.25, -0.2) is 17.6 Å². The minimum atomic E-state index is -4.00. The summed E-state index contributed by atoms with van der Waals surface area (Å²) in [5, 5.41) is 3.22. The maximum Gasteiger partial charge on any atom is 0.341 e. The zero-order chi connectivity index (χ0) is 28.3. The highest BCUT2D eigenvalue weighted by Gasteiger charge is 2.29. The van der Waals surface area contributed by atoms with E-state index in [0.717, 1.165) is 47.8 Å². The van der Waals surface area contributed by atoms with E-state index in [2.05, 4.69) is 27.1 Å². The van der Waals surface area contributed by atoms with Crippen molar-refractivity contribution in [1.82, 2.24) is 4.90 Å². The SMILES string of the molecule is COC(=O)c1c(NC(=O)c2cccc(NS(=O)(=O)c3ccc(F)cc3)c2)sc2c1CCN(Cc1ccccc1)C2. The van der Waals surface area contributed by atoms with Gasteiger partial charge in [-0.3, -0.25) is 14.4 Å². The van der Waals surface area contributed by atoms with Gasteiger partial charge in [0.2, 0.25) is 0 Å². The van der Waals surface area contributed by atoms with Gasteiger partial charge >= 0.3 is 5.97 Å². The number of fused-ring (bicyclic) bond motifs is 1. The average Bonchev–Trinajstić information content (AvgIpc) is 3.30. The molecule has 1 aromatic heterocycles. The molecule has 0 spiro atoms. The van der Waals surface area contributed by atoms with Crippen molar-refractivity contribution in [2.24, 2.45) is 0 Å². The van der Waals surface area contributed by atoms with Crippen LogP contribution in [0.3, 0.4) is 0 Å². The second kappa shape index (κ2) is 11.6. The molecule has 11 heteroatoms. The van der Waals surface area contributed by atoms with Crippen molar-refractivity contribution in [2.45, 2.75) is 24.4 Å². The molecule has 2 N–H and O–H groups in total. The summed E-state index contributed by atoms with van der Waals surface area (Å²) in [6.45, 7) is 2.16. The van der Waals surface area contributed by atoms with Crippen LogP contribution in [0.1, 0.15) is 36.7 Å². The van der Waals surface area contributed by atoms with Crippen LogP contribution in [-0.4, -0.2) is 38.8 Å². The number of rotatable bonds is 8. The first-order valence-corrected chi connectivity index (χ1v) is 14.7. The zero-order valence-electron chi connectivity index (χ0n) is 21.5. The van der Waals surface area contributed by atoms with E-state index in [-0.39, 0.29) is 16.1 Å². The molecule has 2 heterocycles. The standard InChI is InChI=1S/C29H26FN3O5S2/c1-38-29(35)26-24-14-15-33(17-19-6-3-2-4-7-19)18-25(24)39-28(26)31-27(34)20-8-5-9-22(16-20)32-40(36,37)23-12-10-21(30)11-13-23/h2-13,16,32H,14-15,17-18H2,1H3,(H,31,34). The number of thiophene rings is 1. The van der Waals surface area contributed by atoms with Crippen LogP contribution in [0.4, 0.5) is 15.1 Å².